The van der Waals surface area contributed by atoms with E-state index in [1.165, 1.54) is 0 Å². The summed E-state index contributed by atoms with van der Waals surface area (Å²) in [6.07, 6.45) is 1.10. The molecule has 25 heavy (non-hydrogen) atoms. The summed E-state index contributed by atoms with van der Waals surface area (Å²) in [6.45, 7) is 1.28. The number of aromatic amines is 1. The summed E-state index contributed by atoms with van der Waals surface area (Å²) < 4.78 is 0. The molecule has 128 valence electrons. The lowest BCUT2D eigenvalue weighted by atomic mass is 9.87. The number of aliphatic hydroxyl groups excluding tert-OH is 1. The largest absolute Gasteiger partial charge is 0.388 e. The van der Waals surface area contributed by atoms with Crippen molar-refractivity contribution in [1.29, 1.82) is 0 Å². The Morgan fingerprint density at radius 1 is 1.08 bits per heavy atom. The number of nitrogens with one attached hydrogen (secondary N) is 1. The van der Waals surface area contributed by atoms with Gasteiger partial charge in [-0.25, -0.2) is 0 Å². The maximum atomic E-state index is 12.8. The van der Waals surface area contributed by atoms with Crippen LogP contribution in [-0.4, -0.2) is 44.4 Å². The molecule has 1 fully saturated rings. The van der Waals surface area contributed by atoms with Gasteiger partial charge >= 0.3 is 0 Å². The van der Waals surface area contributed by atoms with Crippen molar-refractivity contribution in [2.24, 2.45) is 5.92 Å². The van der Waals surface area contributed by atoms with Crippen LogP contribution < -0.4 is 0 Å². The van der Waals surface area contributed by atoms with E-state index in [1.807, 2.05) is 47.4 Å². The Kier molecular flexibility index (Phi) is 4.19. The fraction of sp³-hybridized carbons (Fsp3) is 0.316. The van der Waals surface area contributed by atoms with Gasteiger partial charge in [-0.3, -0.25) is 4.79 Å². The standard InChI is InChI=1S/C19H20N4O2/c24-18(13-5-2-1-3-6-13)14-9-11-23(12-10-14)19(25)15-7-4-8-16-17(15)21-22-20-16/h1-8,14,18,24H,9-12H2,(H,20,21,22)/t18-/m1/s1. The van der Waals surface area contributed by atoms with E-state index in [9.17, 15) is 9.90 Å². The van der Waals surface area contributed by atoms with Crippen LogP contribution in [-0.2, 0) is 0 Å². The number of piperidine rings is 1. The number of carbonyl (C=O) groups is 1. The van der Waals surface area contributed by atoms with Crippen LogP contribution in [0.4, 0.5) is 0 Å². The molecule has 1 saturated heterocycles. The van der Waals surface area contributed by atoms with E-state index in [1.54, 1.807) is 6.07 Å². The molecule has 1 aromatic heterocycles. The number of aliphatic hydroxyl groups is 1. The molecule has 1 atom stereocenters. The number of likely N-dealkylation sites (tertiary alicyclic amines) is 1. The van der Waals surface area contributed by atoms with Gasteiger partial charge < -0.3 is 10.0 Å². The van der Waals surface area contributed by atoms with E-state index in [-0.39, 0.29) is 11.8 Å². The summed E-state index contributed by atoms with van der Waals surface area (Å²) in [4.78, 5) is 14.7. The number of para-hydroxylation sites is 1. The van der Waals surface area contributed by atoms with E-state index in [2.05, 4.69) is 15.4 Å². The van der Waals surface area contributed by atoms with Crippen molar-refractivity contribution in [2.75, 3.05) is 13.1 Å². The summed E-state index contributed by atoms with van der Waals surface area (Å²) >= 11 is 0. The van der Waals surface area contributed by atoms with Gasteiger partial charge in [0.1, 0.15) is 11.0 Å². The van der Waals surface area contributed by atoms with E-state index < -0.39 is 6.10 Å². The predicted octanol–water partition coefficient (Wildman–Crippen LogP) is 2.54. The molecule has 1 aliphatic rings. The second-order valence-electron chi connectivity index (χ2n) is 6.48. The molecular formula is C19H20N4O2. The van der Waals surface area contributed by atoms with Crippen LogP contribution in [0.15, 0.2) is 48.5 Å². The third-order valence-electron chi connectivity index (χ3n) is 4.99. The lowest BCUT2D eigenvalue weighted by Gasteiger charge is -2.34. The predicted molar refractivity (Wildman–Crippen MR) is 93.9 cm³/mol. The molecule has 2 heterocycles. The van der Waals surface area contributed by atoms with Crippen LogP contribution in [0.1, 0.15) is 34.9 Å². The second-order valence-corrected chi connectivity index (χ2v) is 6.48. The SMILES string of the molecule is O=C(c1cccc2n[nH]nc12)N1CCC([C@H](O)c2ccccc2)CC1. The highest BCUT2D eigenvalue weighted by molar-refractivity contribution is 6.04. The summed E-state index contributed by atoms with van der Waals surface area (Å²) in [7, 11) is 0. The van der Waals surface area contributed by atoms with E-state index >= 15 is 0 Å². The van der Waals surface area contributed by atoms with Crippen LogP contribution in [0.5, 0.6) is 0 Å². The number of benzene rings is 2. The first-order valence-corrected chi connectivity index (χ1v) is 8.56. The minimum atomic E-state index is -0.475. The fourth-order valence-electron chi connectivity index (χ4n) is 3.55. The zero-order valence-corrected chi connectivity index (χ0v) is 13.8. The number of amides is 1. The van der Waals surface area contributed by atoms with E-state index in [0.29, 0.717) is 29.7 Å². The Morgan fingerprint density at radius 3 is 2.60 bits per heavy atom. The minimum Gasteiger partial charge on any atom is -0.388 e. The van der Waals surface area contributed by atoms with Gasteiger partial charge in [0.2, 0.25) is 0 Å². The number of rotatable bonds is 3. The molecule has 0 radical (unpaired) electrons. The zero-order chi connectivity index (χ0) is 17.2. The van der Waals surface area contributed by atoms with Crippen molar-refractivity contribution in [3.63, 3.8) is 0 Å². The molecule has 0 bridgehead atoms. The highest BCUT2D eigenvalue weighted by Crippen LogP contribution is 2.31. The Balaban J connectivity index is 1.45. The molecule has 0 aliphatic carbocycles. The summed E-state index contributed by atoms with van der Waals surface area (Å²) in [5.41, 5.74) is 2.83. The molecule has 0 spiro atoms. The molecule has 2 aromatic carbocycles. The fourth-order valence-corrected chi connectivity index (χ4v) is 3.55. The smallest absolute Gasteiger partial charge is 0.256 e. The molecule has 3 aromatic rings. The lowest BCUT2D eigenvalue weighted by Crippen LogP contribution is -2.39. The average Bonchev–Trinajstić information content (AvgIpc) is 3.16. The first kappa shape index (κ1) is 15.8. The Hall–Kier alpha value is -2.73. The van der Waals surface area contributed by atoms with E-state index in [0.717, 1.165) is 18.4 Å². The monoisotopic (exact) mass is 336 g/mol. The Labute approximate surface area is 145 Å². The third kappa shape index (κ3) is 3.00. The van der Waals surface area contributed by atoms with Crippen LogP contribution in [0.25, 0.3) is 11.0 Å². The topological polar surface area (TPSA) is 82.1 Å². The molecule has 2 N–H and O–H groups in total. The highest BCUT2D eigenvalue weighted by Gasteiger charge is 2.29. The number of hydrogen-bond acceptors (Lipinski definition) is 4. The van der Waals surface area contributed by atoms with Gasteiger partial charge in [0.05, 0.1) is 11.7 Å². The van der Waals surface area contributed by atoms with Crippen LogP contribution in [0.3, 0.4) is 0 Å². The summed E-state index contributed by atoms with van der Waals surface area (Å²) in [5, 5.41) is 21.3. The molecule has 6 nitrogen and oxygen atoms in total. The highest BCUT2D eigenvalue weighted by atomic mass is 16.3. The van der Waals surface area contributed by atoms with E-state index in [4.69, 9.17) is 0 Å². The first-order chi connectivity index (χ1) is 12.2. The second kappa shape index (κ2) is 6.64. The summed E-state index contributed by atoms with van der Waals surface area (Å²) in [5.74, 6) is 0.154. The Bertz CT molecular complexity index is 869. The van der Waals surface area contributed by atoms with Crippen molar-refractivity contribution >= 4 is 16.9 Å². The molecule has 1 aliphatic heterocycles. The lowest BCUT2D eigenvalue weighted by molar-refractivity contribution is 0.0463. The van der Waals surface area contributed by atoms with Crippen molar-refractivity contribution in [1.82, 2.24) is 20.3 Å². The van der Waals surface area contributed by atoms with Gasteiger partial charge in [-0.2, -0.15) is 15.4 Å². The maximum absolute atomic E-state index is 12.8. The quantitative estimate of drug-likeness (QED) is 0.770. The van der Waals surface area contributed by atoms with Crippen molar-refractivity contribution < 1.29 is 9.90 Å². The first-order valence-electron chi connectivity index (χ1n) is 8.56. The summed E-state index contributed by atoms with van der Waals surface area (Å²) in [6, 6.07) is 15.2. The molecule has 1 amide bonds. The number of carbonyl (C=O) groups excluding carboxylic acids is 1. The average molecular weight is 336 g/mol. The number of aromatic nitrogens is 3. The van der Waals surface area contributed by atoms with Crippen LogP contribution >= 0.6 is 0 Å². The molecular weight excluding hydrogens is 316 g/mol. The number of nitrogens with zero attached hydrogens (tertiary/aromatic N) is 3. The van der Waals surface area contributed by atoms with Crippen molar-refractivity contribution in [2.45, 2.75) is 18.9 Å². The molecule has 4 rings (SSSR count). The number of fused-ring (bicyclic) bond motifs is 1. The van der Waals surface area contributed by atoms with Gasteiger partial charge in [-0.05, 0) is 36.5 Å². The van der Waals surface area contributed by atoms with Gasteiger partial charge in [0, 0.05) is 13.1 Å². The number of H-pyrrole nitrogens is 1. The third-order valence-corrected chi connectivity index (χ3v) is 4.99. The molecule has 6 heteroatoms. The van der Waals surface area contributed by atoms with Gasteiger partial charge in [0.25, 0.3) is 5.91 Å². The van der Waals surface area contributed by atoms with Crippen LogP contribution in [0.2, 0.25) is 0 Å². The van der Waals surface area contributed by atoms with Gasteiger partial charge in [-0.15, -0.1) is 0 Å². The normalized spacial score (nSPS) is 16.9. The van der Waals surface area contributed by atoms with Gasteiger partial charge in [-0.1, -0.05) is 36.4 Å². The van der Waals surface area contributed by atoms with Crippen molar-refractivity contribution in [3.8, 4) is 0 Å². The minimum absolute atomic E-state index is 0.0212. The van der Waals surface area contributed by atoms with Crippen molar-refractivity contribution in [3.05, 3.63) is 59.7 Å². The molecule has 0 saturated carbocycles. The maximum Gasteiger partial charge on any atom is 0.256 e. The Morgan fingerprint density at radius 2 is 1.84 bits per heavy atom. The van der Waals surface area contributed by atoms with Gasteiger partial charge in [0.15, 0.2) is 0 Å². The zero-order valence-electron chi connectivity index (χ0n) is 13.8. The van der Waals surface area contributed by atoms with Crippen LogP contribution in [0, 0.1) is 5.92 Å². The number of hydrogen-bond donors (Lipinski definition) is 2. The molecule has 0 unspecified atom stereocenters.